The van der Waals surface area contributed by atoms with E-state index in [9.17, 15) is 9.59 Å². The van der Waals surface area contributed by atoms with Crippen LogP contribution in [0.3, 0.4) is 0 Å². The number of hydrogen-bond acceptors (Lipinski definition) is 8. The highest BCUT2D eigenvalue weighted by atomic mass is 16.5. The van der Waals surface area contributed by atoms with Crippen molar-refractivity contribution in [1.82, 2.24) is 9.80 Å². The minimum atomic E-state index is 0.550. The summed E-state index contributed by atoms with van der Waals surface area (Å²) in [5.74, 6) is 0. The molecule has 0 saturated carbocycles. The van der Waals surface area contributed by atoms with Gasteiger partial charge in [0.15, 0.2) is 0 Å². The summed E-state index contributed by atoms with van der Waals surface area (Å²) < 4.78 is 23.2. The van der Waals surface area contributed by atoms with E-state index in [-0.39, 0.29) is 0 Å². The summed E-state index contributed by atoms with van der Waals surface area (Å²) in [6.45, 7) is 9.33. The van der Waals surface area contributed by atoms with Gasteiger partial charge in [-0.25, -0.2) is 0 Å². The zero-order valence-corrected chi connectivity index (χ0v) is 21.0. The lowest BCUT2D eigenvalue weighted by Crippen LogP contribution is -2.32. The van der Waals surface area contributed by atoms with Crippen LogP contribution in [0.15, 0.2) is 48.5 Å². The number of benzene rings is 2. The van der Waals surface area contributed by atoms with Gasteiger partial charge in [0.2, 0.25) is 0 Å². The number of nitrogens with zero attached hydrogens (tertiary/aromatic N) is 2. The summed E-state index contributed by atoms with van der Waals surface area (Å²) in [7, 11) is 0. The quantitative estimate of drug-likeness (QED) is 0.563. The van der Waals surface area contributed by atoms with Gasteiger partial charge in [-0.15, -0.1) is 0 Å². The SMILES string of the molecule is O=Cc1ccc(CN2CCOCCOCCN(Cc3ccc(C=O)cc3)CCOCCOCC2)cc1. The van der Waals surface area contributed by atoms with Crippen molar-refractivity contribution in [2.45, 2.75) is 13.1 Å². The van der Waals surface area contributed by atoms with Crippen LogP contribution in [0.2, 0.25) is 0 Å². The number of carbonyl (C=O) groups excluding carboxylic acids is 2. The first kappa shape index (κ1) is 28.1. The minimum absolute atomic E-state index is 0.550. The second kappa shape index (κ2) is 17.1. The van der Waals surface area contributed by atoms with Crippen LogP contribution in [0.1, 0.15) is 31.8 Å². The topological polar surface area (TPSA) is 77.5 Å². The Hall–Kier alpha value is -2.46. The van der Waals surface area contributed by atoms with Crippen LogP contribution < -0.4 is 0 Å². The smallest absolute Gasteiger partial charge is 0.150 e. The first-order chi connectivity index (χ1) is 17.8. The van der Waals surface area contributed by atoms with Gasteiger partial charge in [0.25, 0.3) is 0 Å². The van der Waals surface area contributed by atoms with Gasteiger partial charge in [0, 0.05) is 50.4 Å². The van der Waals surface area contributed by atoms with Crippen molar-refractivity contribution in [3.63, 3.8) is 0 Å². The monoisotopic (exact) mass is 498 g/mol. The van der Waals surface area contributed by atoms with Gasteiger partial charge in [-0.1, -0.05) is 48.5 Å². The summed E-state index contributed by atoms with van der Waals surface area (Å²) in [5, 5.41) is 0. The van der Waals surface area contributed by atoms with E-state index in [2.05, 4.69) is 9.80 Å². The average molecular weight is 499 g/mol. The molecule has 36 heavy (non-hydrogen) atoms. The van der Waals surface area contributed by atoms with E-state index < -0.39 is 0 Å². The van der Waals surface area contributed by atoms with Gasteiger partial charge >= 0.3 is 0 Å². The van der Waals surface area contributed by atoms with Crippen molar-refractivity contribution < 1.29 is 28.5 Å². The van der Waals surface area contributed by atoms with Crippen LogP contribution in [0.4, 0.5) is 0 Å². The van der Waals surface area contributed by atoms with Gasteiger partial charge in [-0.05, 0) is 11.1 Å². The molecule has 1 heterocycles. The highest BCUT2D eigenvalue weighted by Crippen LogP contribution is 2.08. The van der Waals surface area contributed by atoms with E-state index in [1.165, 1.54) is 0 Å². The second-order valence-electron chi connectivity index (χ2n) is 8.72. The molecule has 0 atom stereocenters. The predicted octanol–water partition coefficient (Wildman–Crippen LogP) is 2.70. The summed E-state index contributed by atoms with van der Waals surface area (Å²) in [6, 6.07) is 15.3. The highest BCUT2D eigenvalue weighted by Gasteiger charge is 2.09. The van der Waals surface area contributed by atoms with Crippen molar-refractivity contribution in [3.8, 4) is 0 Å². The van der Waals surface area contributed by atoms with E-state index in [0.717, 1.165) is 63.0 Å². The molecule has 1 fully saturated rings. The molecule has 0 unspecified atom stereocenters. The van der Waals surface area contributed by atoms with Crippen LogP contribution in [0.5, 0.6) is 0 Å². The van der Waals surface area contributed by atoms with Gasteiger partial charge in [-0.2, -0.15) is 0 Å². The standard InChI is InChI=1S/C28H38N2O6/c31-23-27-5-1-25(2-6-27)21-29-9-13-33-17-19-35-15-11-30(12-16-36-20-18-34-14-10-29)22-26-3-7-28(24-32)8-4-26/h1-8,23-24H,9-22H2. The van der Waals surface area contributed by atoms with Gasteiger partial charge in [0.05, 0.1) is 52.9 Å². The molecule has 1 saturated heterocycles. The summed E-state index contributed by atoms with van der Waals surface area (Å²) >= 11 is 0. The molecule has 0 aromatic heterocycles. The number of aldehydes is 2. The lowest BCUT2D eigenvalue weighted by Gasteiger charge is -2.24. The Labute approximate surface area is 214 Å². The Balaban J connectivity index is 1.45. The molecule has 0 bridgehead atoms. The Bertz CT molecular complexity index is 781. The maximum atomic E-state index is 10.9. The number of ether oxygens (including phenoxy) is 4. The van der Waals surface area contributed by atoms with Crippen LogP contribution in [-0.2, 0) is 32.0 Å². The molecule has 196 valence electrons. The summed E-state index contributed by atoms with van der Waals surface area (Å²) in [6.07, 6.45) is 1.72. The van der Waals surface area contributed by atoms with E-state index in [4.69, 9.17) is 18.9 Å². The van der Waals surface area contributed by atoms with Crippen LogP contribution in [0.25, 0.3) is 0 Å². The van der Waals surface area contributed by atoms with E-state index in [0.29, 0.717) is 64.0 Å². The second-order valence-corrected chi connectivity index (χ2v) is 8.72. The molecule has 0 radical (unpaired) electrons. The maximum Gasteiger partial charge on any atom is 0.150 e. The predicted molar refractivity (Wildman–Crippen MR) is 137 cm³/mol. The van der Waals surface area contributed by atoms with Crippen molar-refractivity contribution in [2.75, 3.05) is 79.0 Å². The molecule has 8 nitrogen and oxygen atoms in total. The number of hydrogen-bond donors (Lipinski definition) is 0. The number of carbonyl (C=O) groups is 2. The molecule has 8 heteroatoms. The molecule has 2 aromatic carbocycles. The van der Waals surface area contributed by atoms with E-state index in [1.54, 1.807) is 0 Å². The largest absolute Gasteiger partial charge is 0.378 e. The lowest BCUT2D eigenvalue weighted by molar-refractivity contribution is 0.00624. The van der Waals surface area contributed by atoms with Gasteiger partial charge in [0.1, 0.15) is 12.6 Å². The Morgan fingerprint density at radius 1 is 0.500 bits per heavy atom. The molecule has 0 amide bonds. The van der Waals surface area contributed by atoms with Gasteiger partial charge in [-0.3, -0.25) is 19.4 Å². The number of rotatable bonds is 6. The maximum absolute atomic E-state index is 10.9. The molecular weight excluding hydrogens is 460 g/mol. The van der Waals surface area contributed by atoms with Crippen LogP contribution in [0, 0.1) is 0 Å². The zero-order chi connectivity index (χ0) is 25.3. The normalized spacial score (nSPS) is 18.7. The van der Waals surface area contributed by atoms with Crippen molar-refractivity contribution in [2.24, 2.45) is 0 Å². The molecular formula is C28H38N2O6. The minimum Gasteiger partial charge on any atom is -0.378 e. The first-order valence-electron chi connectivity index (χ1n) is 12.6. The Morgan fingerprint density at radius 3 is 1.08 bits per heavy atom. The molecule has 3 rings (SSSR count). The molecule has 1 aliphatic rings. The van der Waals surface area contributed by atoms with Crippen LogP contribution >= 0.6 is 0 Å². The molecule has 1 aliphatic heterocycles. The van der Waals surface area contributed by atoms with Crippen LogP contribution in [-0.4, -0.2) is 101 Å². The Kier molecular flexibility index (Phi) is 13.3. The van der Waals surface area contributed by atoms with Crippen molar-refractivity contribution >= 4 is 12.6 Å². The molecule has 0 aliphatic carbocycles. The fourth-order valence-electron chi connectivity index (χ4n) is 3.88. The van der Waals surface area contributed by atoms with Gasteiger partial charge < -0.3 is 18.9 Å². The third kappa shape index (κ3) is 11.1. The molecule has 0 spiro atoms. The average Bonchev–Trinajstić information content (AvgIpc) is 2.91. The summed E-state index contributed by atoms with van der Waals surface area (Å²) in [4.78, 5) is 26.4. The zero-order valence-electron chi connectivity index (χ0n) is 21.0. The van der Waals surface area contributed by atoms with E-state index in [1.807, 2.05) is 48.5 Å². The third-order valence-electron chi connectivity index (χ3n) is 6.00. The molecule has 0 N–H and O–H groups in total. The van der Waals surface area contributed by atoms with Crippen molar-refractivity contribution in [3.05, 3.63) is 70.8 Å². The highest BCUT2D eigenvalue weighted by molar-refractivity contribution is 5.75. The Morgan fingerprint density at radius 2 is 0.806 bits per heavy atom. The fourth-order valence-corrected chi connectivity index (χ4v) is 3.88. The molecule has 2 aromatic rings. The lowest BCUT2D eigenvalue weighted by atomic mass is 10.1. The summed E-state index contributed by atoms with van der Waals surface area (Å²) in [5.41, 5.74) is 3.67. The first-order valence-corrected chi connectivity index (χ1v) is 12.6. The van der Waals surface area contributed by atoms with E-state index >= 15 is 0 Å². The third-order valence-corrected chi connectivity index (χ3v) is 6.00. The fraction of sp³-hybridized carbons (Fsp3) is 0.500. The van der Waals surface area contributed by atoms with Crippen molar-refractivity contribution in [1.29, 1.82) is 0 Å².